The van der Waals surface area contributed by atoms with Crippen molar-refractivity contribution in [1.82, 2.24) is 0 Å². The van der Waals surface area contributed by atoms with Gasteiger partial charge in [-0.2, -0.15) is 0 Å². The molecular weight excluding hydrogens is 845 g/mol. The van der Waals surface area contributed by atoms with Crippen LogP contribution >= 0.6 is 0 Å². The van der Waals surface area contributed by atoms with E-state index in [0.29, 0.717) is 0 Å². The quantitative estimate of drug-likeness (QED) is 0.162. The third-order valence-electron chi connectivity index (χ3n) is 15.3. The smallest absolute Gasteiger partial charge is 0.261 e. The third-order valence-corrected chi connectivity index (χ3v) is 15.3. The first-order valence-electron chi connectivity index (χ1n) is 24.1. The highest BCUT2D eigenvalue weighted by Crippen LogP contribution is 2.49. The first-order chi connectivity index (χ1) is 33.7. The molecule has 6 heterocycles. The van der Waals surface area contributed by atoms with Gasteiger partial charge in [0.2, 0.25) is 0 Å². The number of hydrogen-bond acceptors (Lipinski definition) is 6. The van der Waals surface area contributed by atoms with Crippen LogP contribution < -0.4 is 77.9 Å². The molecular formula is C60H43B3N2O4. The average molecular weight is 888 g/mol. The summed E-state index contributed by atoms with van der Waals surface area (Å²) in [4.78, 5) is 5.05. The van der Waals surface area contributed by atoms with E-state index in [2.05, 4.69) is 203 Å². The molecule has 9 aromatic carbocycles. The van der Waals surface area contributed by atoms with Crippen LogP contribution in [0.5, 0.6) is 46.0 Å². The minimum absolute atomic E-state index is 0.106. The standard InChI is InChI=1S/C60H43B3N2O4/c1-32-23-33(2)26-38(25-32)64-44-22-21-42-59(68-51-19-11-17-49-55(51)61(42)40-13-7-9-15-47(40)66-49)54(44)63-53-45(64)29-36(5)30-46(53)65(39-27-34(3)24-35(4)28-39)58-37(6)31-43-60(57(58)63)69-52-20-12-18-50-56(52)62(43)41-14-8-10-16-48(41)67-50/h7-31H,1-6H3. The molecule has 0 bridgehead atoms. The molecule has 0 radical (unpaired) electrons. The monoisotopic (exact) mass is 888 g/mol. The van der Waals surface area contributed by atoms with Gasteiger partial charge in [0.25, 0.3) is 20.1 Å². The highest BCUT2D eigenvalue weighted by Gasteiger charge is 2.52. The second kappa shape index (κ2) is 13.8. The van der Waals surface area contributed by atoms with E-state index in [1.165, 1.54) is 38.8 Å². The molecule has 0 aliphatic carbocycles. The van der Waals surface area contributed by atoms with Crippen LogP contribution in [0.15, 0.2) is 152 Å². The summed E-state index contributed by atoms with van der Waals surface area (Å²) < 4.78 is 28.4. The van der Waals surface area contributed by atoms with Crippen LogP contribution in [0, 0.1) is 41.5 Å². The van der Waals surface area contributed by atoms with Crippen LogP contribution in [0.2, 0.25) is 0 Å². The van der Waals surface area contributed by atoms with E-state index in [4.69, 9.17) is 18.9 Å². The predicted molar refractivity (Wildman–Crippen MR) is 284 cm³/mol. The van der Waals surface area contributed by atoms with E-state index < -0.39 is 0 Å². The lowest BCUT2D eigenvalue weighted by Gasteiger charge is -2.47. The maximum absolute atomic E-state index is 7.55. The Kier molecular flexibility index (Phi) is 7.80. The van der Waals surface area contributed by atoms with Crippen LogP contribution in [0.3, 0.4) is 0 Å². The molecule has 6 aliphatic rings. The first kappa shape index (κ1) is 39.0. The minimum atomic E-state index is -0.312. The number of anilines is 6. The van der Waals surface area contributed by atoms with Gasteiger partial charge in [0.05, 0.1) is 0 Å². The number of para-hydroxylation sites is 2. The fourth-order valence-electron chi connectivity index (χ4n) is 13.0. The van der Waals surface area contributed by atoms with Gasteiger partial charge >= 0.3 is 0 Å². The predicted octanol–water partition coefficient (Wildman–Crippen LogP) is 9.07. The zero-order chi connectivity index (χ0) is 46.1. The molecule has 0 spiro atoms. The number of hydrogen-bond donors (Lipinski definition) is 0. The molecule has 0 saturated heterocycles. The van der Waals surface area contributed by atoms with Crippen molar-refractivity contribution in [3.63, 3.8) is 0 Å². The van der Waals surface area contributed by atoms with Crippen LogP contribution in [0.4, 0.5) is 34.1 Å². The molecule has 0 atom stereocenters. The summed E-state index contributed by atoms with van der Waals surface area (Å²) in [6.07, 6.45) is 0. The van der Waals surface area contributed by atoms with Crippen molar-refractivity contribution >= 4 is 103 Å². The molecule has 0 fully saturated rings. The highest BCUT2D eigenvalue weighted by atomic mass is 16.5. The van der Waals surface area contributed by atoms with Crippen molar-refractivity contribution in [1.29, 1.82) is 0 Å². The van der Waals surface area contributed by atoms with Crippen LogP contribution in [-0.4, -0.2) is 20.1 Å². The Hall–Kier alpha value is -8.03. The lowest BCUT2D eigenvalue weighted by Crippen LogP contribution is -2.66. The van der Waals surface area contributed by atoms with Crippen LogP contribution in [-0.2, 0) is 0 Å². The van der Waals surface area contributed by atoms with E-state index in [-0.39, 0.29) is 20.1 Å². The molecule has 6 aliphatic heterocycles. The molecule has 69 heavy (non-hydrogen) atoms. The summed E-state index contributed by atoms with van der Waals surface area (Å²) in [6, 6.07) is 55.2. The molecule has 15 rings (SSSR count). The van der Waals surface area contributed by atoms with E-state index in [1.807, 2.05) is 0 Å². The molecule has 0 saturated carbocycles. The topological polar surface area (TPSA) is 43.4 Å². The van der Waals surface area contributed by atoms with Gasteiger partial charge < -0.3 is 28.7 Å². The van der Waals surface area contributed by atoms with Crippen LogP contribution in [0.1, 0.15) is 33.4 Å². The highest BCUT2D eigenvalue weighted by molar-refractivity contribution is 7.05. The fraction of sp³-hybridized carbons (Fsp3) is 0.100. The van der Waals surface area contributed by atoms with Crippen molar-refractivity contribution < 1.29 is 18.9 Å². The number of ether oxygens (including phenoxy) is 4. The molecule has 0 amide bonds. The summed E-state index contributed by atoms with van der Waals surface area (Å²) in [7, 11) is 0. The molecule has 326 valence electrons. The van der Waals surface area contributed by atoms with Crippen molar-refractivity contribution in [2.75, 3.05) is 9.80 Å². The van der Waals surface area contributed by atoms with Crippen molar-refractivity contribution in [2.24, 2.45) is 0 Å². The summed E-state index contributed by atoms with van der Waals surface area (Å²) >= 11 is 0. The van der Waals surface area contributed by atoms with Gasteiger partial charge in [0.15, 0.2) is 0 Å². The van der Waals surface area contributed by atoms with Gasteiger partial charge in [0.1, 0.15) is 46.0 Å². The Morgan fingerprint density at radius 1 is 0.319 bits per heavy atom. The first-order valence-corrected chi connectivity index (χ1v) is 24.1. The zero-order valence-corrected chi connectivity index (χ0v) is 39.2. The fourth-order valence-corrected chi connectivity index (χ4v) is 13.0. The van der Waals surface area contributed by atoms with Crippen molar-refractivity contribution in [3.05, 3.63) is 185 Å². The number of fused-ring (bicyclic) bond motifs is 14. The maximum atomic E-state index is 7.55. The summed E-state index contributed by atoms with van der Waals surface area (Å²) in [5.41, 5.74) is 24.1. The molecule has 0 aromatic heterocycles. The van der Waals surface area contributed by atoms with Gasteiger partial charge in [-0.1, -0.05) is 72.8 Å². The van der Waals surface area contributed by atoms with Crippen LogP contribution in [0.25, 0.3) is 0 Å². The zero-order valence-electron chi connectivity index (χ0n) is 39.2. The van der Waals surface area contributed by atoms with E-state index in [9.17, 15) is 0 Å². The lowest BCUT2D eigenvalue weighted by molar-refractivity contribution is 0.466. The van der Waals surface area contributed by atoms with Gasteiger partial charge in [-0.05, 0) is 192 Å². The summed E-state index contributed by atoms with van der Waals surface area (Å²) in [6.45, 7) is 12.8. The van der Waals surface area contributed by atoms with E-state index in [1.54, 1.807) is 0 Å². The van der Waals surface area contributed by atoms with E-state index >= 15 is 0 Å². The minimum Gasteiger partial charge on any atom is -0.459 e. The Balaban J connectivity index is 1.11. The molecule has 9 heteroatoms. The Bertz CT molecular complexity index is 3790. The number of rotatable bonds is 2. The average Bonchev–Trinajstić information content (AvgIpc) is 3.33. The number of nitrogens with zero attached hydrogens (tertiary/aromatic N) is 2. The normalized spacial score (nSPS) is 14.3. The van der Waals surface area contributed by atoms with Gasteiger partial charge in [-0.15, -0.1) is 0 Å². The van der Waals surface area contributed by atoms with Gasteiger partial charge in [-0.3, -0.25) is 0 Å². The lowest BCUT2D eigenvalue weighted by atomic mass is 9.29. The second-order valence-electron chi connectivity index (χ2n) is 20.0. The Morgan fingerprint density at radius 2 is 0.783 bits per heavy atom. The SMILES string of the molecule is Cc1cc(C)cc(N2c3cc(C)cc4c3B(c3c2ccc2c3Oc3cccc5c3B2c2ccccc2O5)c2c3c(cc(C)c2N4c2cc(C)cc(C)c2)B2c4ccccc4Oc4cccc(c42)O3)c1. The van der Waals surface area contributed by atoms with Gasteiger partial charge in [-0.25, -0.2) is 0 Å². The number of aryl methyl sites for hydroxylation is 6. The number of benzene rings is 9. The second-order valence-corrected chi connectivity index (χ2v) is 20.0. The molecule has 9 aromatic rings. The van der Waals surface area contributed by atoms with E-state index in [0.717, 1.165) is 124 Å². The molecule has 6 nitrogen and oxygen atoms in total. The maximum Gasteiger partial charge on any atom is 0.261 e. The van der Waals surface area contributed by atoms with Gasteiger partial charge in [0, 0.05) is 45.0 Å². The molecule has 0 N–H and O–H groups in total. The third kappa shape index (κ3) is 5.30. The molecule has 0 unspecified atom stereocenters. The summed E-state index contributed by atoms with van der Waals surface area (Å²) in [5.74, 6) is 6.82. The van der Waals surface area contributed by atoms with Crippen molar-refractivity contribution in [3.8, 4) is 46.0 Å². The Morgan fingerprint density at radius 3 is 1.36 bits per heavy atom. The largest absolute Gasteiger partial charge is 0.459 e. The summed E-state index contributed by atoms with van der Waals surface area (Å²) in [5, 5.41) is 0. The van der Waals surface area contributed by atoms with Crippen molar-refractivity contribution in [2.45, 2.75) is 41.5 Å². The Labute approximate surface area is 402 Å².